The second-order valence-electron chi connectivity index (χ2n) is 9.91. The first kappa shape index (κ1) is 26.1. The number of nitrogens with zero attached hydrogens (tertiary/aromatic N) is 2. The van der Waals surface area contributed by atoms with Gasteiger partial charge in [0.1, 0.15) is 0 Å². The molecule has 2 nitrogen and oxygen atoms in total. The molecule has 0 fully saturated rings. The molecule has 0 aromatic carbocycles. The van der Waals surface area contributed by atoms with Crippen molar-refractivity contribution in [3.05, 3.63) is 48.6 Å². The molecule has 176 valence electrons. The number of likely N-dealkylation sites (N-methyl/N-ethyl adjacent to an activating group) is 2. The standard InChI is InChI=1S/C29H50N2/c1-8-13-14-19-25(27-21-16-18-23-29(27,7)31(11-4)12-5)24-26-20-15-17-22-28(26,6)30(9-2)10-3/h15-18,20-23,25-27H,8-14,19,24H2,1-7H3. The molecule has 0 aliphatic heterocycles. The van der Waals surface area contributed by atoms with Gasteiger partial charge in [0.15, 0.2) is 0 Å². The molecule has 31 heavy (non-hydrogen) atoms. The zero-order chi connectivity index (χ0) is 22.9. The minimum Gasteiger partial charge on any atom is -0.294 e. The van der Waals surface area contributed by atoms with Crippen molar-refractivity contribution in [2.75, 3.05) is 26.2 Å². The Morgan fingerprint density at radius 3 is 1.84 bits per heavy atom. The number of hydrogen-bond donors (Lipinski definition) is 0. The second-order valence-corrected chi connectivity index (χ2v) is 9.91. The zero-order valence-corrected chi connectivity index (χ0v) is 21.6. The lowest BCUT2D eigenvalue weighted by molar-refractivity contribution is 0.0582. The molecule has 0 amide bonds. The van der Waals surface area contributed by atoms with Gasteiger partial charge in [-0.25, -0.2) is 0 Å². The van der Waals surface area contributed by atoms with Crippen LogP contribution in [0.5, 0.6) is 0 Å². The van der Waals surface area contributed by atoms with Crippen LogP contribution < -0.4 is 0 Å². The van der Waals surface area contributed by atoms with Crippen LogP contribution in [0, 0.1) is 17.8 Å². The van der Waals surface area contributed by atoms with Crippen molar-refractivity contribution in [1.82, 2.24) is 9.80 Å². The molecule has 2 heteroatoms. The van der Waals surface area contributed by atoms with Gasteiger partial charge in [-0.3, -0.25) is 9.80 Å². The summed E-state index contributed by atoms with van der Waals surface area (Å²) >= 11 is 0. The zero-order valence-electron chi connectivity index (χ0n) is 21.6. The van der Waals surface area contributed by atoms with Crippen LogP contribution in [0.25, 0.3) is 0 Å². The maximum Gasteiger partial charge on any atom is 0.0431 e. The lowest BCUT2D eigenvalue weighted by atomic mass is 9.66. The van der Waals surface area contributed by atoms with E-state index in [1.54, 1.807) is 0 Å². The average molecular weight is 427 g/mol. The molecule has 0 bridgehead atoms. The number of hydrogen-bond acceptors (Lipinski definition) is 2. The van der Waals surface area contributed by atoms with Crippen molar-refractivity contribution in [1.29, 1.82) is 0 Å². The molecule has 0 radical (unpaired) electrons. The van der Waals surface area contributed by atoms with Gasteiger partial charge in [-0.15, -0.1) is 0 Å². The molecule has 5 atom stereocenters. The molecule has 0 spiro atoms. The Balaban J connectivity index is 2.37. The monoisotopic (exact) mass is 426 g/mol. The van der Waals surface area contributed by atoms with Crippen molar-refractivity contribution in [3.8, 4) is 0 Å². The number of unbranched alkanes of at least 4 members (excludes halogenated alkanes) is 2. The maximum absolute atomic E-state index is 2.67. The van der Waals surface area contributed by atoms with Crippen molar-refractivity contribution < 1.29 is 0 Å². The van der Waals surface area contributed by atoms with E-state index in [1.165, 1.54) is 32.1 Å². The smallest absolute Gasteiger partial charge is 0.0431 e. The highest BCUT2D eigenvalue weighted by Gasteiger charge is 2.43. The molecule has 0 aromatic heterocycles. The Kier molecular flexibility index (Phi) is 10.3. The Labute approximate surface area is 194 Å². The van der Waals surface area contributed by atoms with Crippen LogP contribution in [-0.2, 0) is 0 Å². The third-order valence-electron chi connectivity index (χ3n) is 8.31. The van der Waals surface area contributed by atoms with Crippen LogP contribution in [0.15, 0.2) is 48.6 Å². The fourth-order valence-corrected chi connectivity index (χ4v) is 6.35. The molecular weight excluding hydrogens is 376 g/mol. The van der Waals surface area contributed by atoms with Gasteiger partial charge in [-0.1, -0.05) is 102 Å². The highest BCUT2D eigenvalue weighted by molar-refractivity contribution is 5.27. The second kappa shape index (κ2) is 12.2. The molecule has 2 aliphatic carbocycles. The van der Waals surface area contributed by atoms with E-state index in [9.17, 15) is 0 Å². The predicted octanol–water partition coefficient (Wildman–Crippen LogP) is 7.26. The molecule has 0 heterocycles. The van der Waals surface area contributed by atoms with E-state index >= 15 is 0 Å². The highest BCUT2D eigenvalue weighted by Crippen LogP contribution is 2.44. The molecule has 0 saturated heterocycles. The lowest BCUT2D eigenvalue weighted by Gasteiger charge is -2.50. The quantitative estimate of drug-likeness (QED) is 0.286. The van der Waals surface area contributed by atoms with E-state index in [0.717, 1.165) is 26.2 Å². The van der Waals surface area contributed by atoms with Gasteiger partial charge in [0.2, 0.25) is 0 Å². The van der Waals surface area contributed by atoms with Crippen molar-refractivity contribution >= 4 is 0 Å². The van der Waals surface area contributed by atoms with Gasteiger partial charge in [0, 0.05) is 17.0 Å². The SMILES string of the molecule is CCCCCC(CC1C=CC=CC1(C)N(CC)CC)C1C=CC=CC1(C)N(CC)CC. The molecule has 2 rings (SSSR count). The summed E-state index contributed by atoms with van der Waals surface area (Å²) in [5.74, 6) is 1.81. The molecule has 0 N–H and O–H groups in total. The van der Waals surface area contributed by atoms with Gasteiger partial charge in [-0.2, -0.15) is 0 Å². The Hall–Kier alpha value is -1.12. The van der Waals surface area contributed by atoms with Crippen LogP contribution in [0.2, 0.25) is 0 Å². The first-order chi connectivity index (χ1) is 14.9. The van der Waals surface area contributed by atoms with Crippen molar-refractivity contribution in [2.24, 2.45) is 17.8 Å². The van der Waals surface area contributed by atoms with Gasteiger partial charge in [0.25, 0.3) is 0 Å². The minimum absolute atomic E-state index is 0.106. The van der Waals surface area contributed by atoms with Gasteiger partial charge >= 0.3 is 0 Å². The van der Waals surface area contributed by atoms with E-state index in [2.05, 4.69) is 107 Å². The first-order valence-corrected chi connectivity index (χ1v) is 13.1. The summed E-state index contributed by atoms with van der Waals surface area (Å²) < 4.78 is 0. The fourth-order valence-electron chi connectivity index (χ4n) is 6.35. The molecule has 2 aliphatic rings. The minimum atomic E-state index is 0.106. The fraction of sp³-hybridized carbons (Fsp3) is 0.724. The lowest BCUT2D eigenvalue weighted by Crippen LogP contribution is -2.54. The van der Waals surface area contributed by atoms with E-state index in [0.29, 0.717) is 17.8 Å². The summed E-state index contributed by atoms with van der Waals surface area (Å²) in [6.45, 7) is 20.9. The van der Waals surface area contributed by atoms with Gasteiger partial charge in [-0.05, 0) is 64.7 Å². The van der Waals surface area contributed by atoms with Gasteiger partial charge in [0.05, 0.1) is 0 Å². The average Bonchev–Trinajstić information content (AvgIpc) is 2.76. The summed E-state index contributed by atoms with van der Waals surface area (Å²) in [5, 5.41) is 0. The third-order valence-corrected chi connectivity index (χ3v) is 8.31. The normalized spacial score (nSPS) is 31.1. The highest BCUT2D eigenvalue weighted by atomic mass is 15.2. The number of rotatable bonds is 13. The maximum atomic E-state index is 2.67. The Bertz CT molecular complexity index is 637. The van der Waals surface area contributed by atoms with Crippen LogP contribution in [0.4, 0.5) is 0 Å². The Morgan fingerprint density at radius 2 is 1.26 bits per heavy atom. The van der Waals surface area contributed by atoms with Crippen molar-refractivity contribution in [3.63, 3.8) is 0 Å². The first-order valence-electron chi connectivity index (χ1n) is 13.1. The number of allylic oxidation sites excluding steroid dienone is 4. The van der Waals surface area contributed by atoms with E-state index in [-0.39, 0.29) is 11.1 Å². The third kappa shape index (κ3) is 5.82. The topological polar surface area (TPSA) is 6.48 Å². The van der Waals surface area contributed by atoms with E-state index < -0.39 is 0 Å². The van der Waals surface area contributed by atoms with E-state index in [4.69, 9.17) is 0 Å². The van der Waals surface area contributed by atoms with Crippen LogP contribution >= 0.6 is 0 Å². The summed E-state index contributed by atoms with van der Waals surface area (Å²) in [6.07, 6.45) is 25.7. The molecule has 0 aromatic rings. The summed E-state index contributed by atoms with van der Waals surface area (Å²) in [5.41, 5.74) is 0.218. The summed E-state index contributed by atoms with van der Waals surface area (Å²) in [7, 11) is 0. The van der Waals surface area contributed by atoms with Crippen LogP contribution in [0.1, 0.15) is 80.6 Å². The van der Waals surface area contributed by atoms with E-state index in [1.807, 2.05) is 0 Å². The van der Waals surface area contributed by atoms with Crippen LogP contribution in [-0.4, -0.2) is 47.1 Å². The molecule has 5 unspecified atom stereocenters. The van der Waals surface area contributed by atoms with Crippen molar-refractivity contribution in [2.45, 2.75) is 91.6 Å². The van der Waals surface area contributed by atoms with Crippen LogP contribution in [0.3, 0.4) is 0 Å². The summed E-state index contributed by atoms with van der Waals surface area (Å²) in [6, 6.07) is 0. The molecular formula is C29H50N2. The van der Waals surface area contributed by atoms with Gasteiger partial charge < -0.3 is 0 Å². The Morgan fingerprint density at radius 1 is 0.710 bits per heavy atom. The predicted molar refractivity (Wildman–Crippen MR) is 138 cm³/mol. The summed E-state index contributed by atoms with van der Waals surface area (Å²) in [4.78, 5) is 5.33. The molecule has 0 saturated carbocycles. The largest absolute Gasteiger partial charge is 0.294 e.